The minimum Gasteiger partial charge on any atom is -0.367 e. The maximum atomic E-state index is 15.5. The number of hydrogen-bond acceptors (Lipinski definition) is 4. The van der Waals surface area contributed by atoms with Crippen LogP contribution in [0.3, 0.4) is 0 Å². The number of nitrogens with zero attached hydrogens (tertiary/aromatic N) is 1. The van der Waals surface area contributed by atoms with Crippen molar-refractivity contribution < 1.29 is 14.0 Å². The molecule has 196 valence electrons. The number of benzene rings is 2. The molecule has 0 amide bonds. The molecule has 37 heavy (non-hydrogen) atoms. The van der Waals surface area contributed by atoms with Gasteiger partial charge < -0.3 is 5.32 Å². The lowest BCUT2D eigenvalue weighted by atomic mass is 9.87. The van der Waals surface area contributed by atoms with Crippen molar-refractivity contribution in [1.29, 1.82) is 0 Å². The van der Waals surface area contributed by atoms with Crippen LogP contribution in [-0.2, 0) is 17.6 Å². The monoisotopic (exact) mass is 522 g/mol. The van der Waals surface area contributed by atoms with Gasteiger partial charge in [0.2, 0.25) is 0 Å². The molecule has 1 aliphatic rings. The van der Waals surface area contributed by atoms with Gasteiger partial charge in [-0.15, -0.1) is 0 Å². The van der Waals surface area contributed by atoms with E-state index in [1.54, 1.807) is 18.3 Å². The molecule has 2 aromatic carbocycles. The lowest BCUT2D eigenvalue weighted by molar-refractivity contribution is -0.126. The number of carbonyl (C=O) groups is 2. The number of nitrogens with one attached hydrogen (secondary N) is 1. The first-order valence-electron chi connectivity index (χ1n) is 13.2. The predicted molar refractivity (Wildman–Crippen MR) is 149 cm³/mol. The van der Waals surface area contributed by atoms with Gasteiger partial charge in [-0.3, -0.25) is 9.59 Å². The zero-order valence-corrected chi connectivity index (χ0v) is 22.9. The predicted octanol–water partition coefficient (Wildman–Crippen LogP) is 7.99. The third-order valence-corrected chi connectivity index (χ3v) is 7.83. The van der Waals surface area contributed by atoms with Crippen molar-refractivity contribution in [2.45, 2.75) is 78.7 Å². The molecule has 1 N–H and O–H groups in total. The van der Waals surface area contributed by atoms with Crippen LogP contribution < -0.4 is 5.32 Å². The summed E-state index contributed by atoms with van der Waals surface area (Å²) in [5.41, 5.74) is 0.534. The molecule has 0 bridgehead atoms. The summed E-state index contributed by atoms with van der Waals surface area (Å²) in [5.74, 6) is 0.620. The molecule has 1 aromatic heterocycles. The zero-order chi connectivity index (χ0) is 26.7. The Morgan fingerprint density at radius 3 is 2.46 bits per heavy atom. The van der Waals surface area contributed by atoms with Crippen LogP contribution >= 0.6 is 11.6 Å². The van der Waals surface area contributed by atoms with Crippen molar-refractivity contribution >= 4 is 39.8 Å². The van der Waals surface area contributed by atoms with Crippen molar-refractivity contribution in [2.75, 3.05) is 5.32 Å². The zero-order valence-electron chi connectivity index (χ0n) is 22.2. The summed E-state index contributed by atoms with van der Waals surface area (Å²) in [7, 11) is 0. The van der Waals surface area contributed by atoms with Crippen LogP contribution in [0.25, 0.3) is 10.8 Å². The molecular formula is C31H36ClFN2O2. The highest BCUT2D eigenvalue weighted by atomic mass is 35.5. The fraction of sp³-hybridized carbons (Fsp3) is 0.452. The Morgan fingerprint density at radius 1 is 1.03 bits per heavy atom. The van der Waals surface area contributed by atoms with Crippen LogP contribution in [0.2, 0.25) is 5.02 Å². The van der Waals surface area contributed by atoms with E-state index in [2.05, 4.69) is 17.2 Å². The molecular weight excluding hydrogens is 487 g/mol. The molecule has 0 radical (unpaired) electrons. The lowest BCUT2D eigenvalue weighted by Crippen LogP contribution is -2.25. The van der Waals surface area contributed by atoms with Crippen LogP contribution in [0.5, 0.6) is 0 Å². The summed E-state index contributed by atoms with van der Waals surface area (Å²) < 4.78 is 15.5. The molecule has 1 saturated carbocycles. The Labute approximate surface area is 224 Å². The molecule has 1 aliphatic carbocycles. The molecule has 0 unspecified atom stereocenters. The largest absolute Gasteiger partial charge is 0.367 e. The van der Waals surface area contributed by atoms with Gasteiger partial charge in [-0.1, -0.05) is 63.6 Å². The van der Waals surface area contributed by atoms with E-state index >= 15 is 4.39 Å². The fourth-order valence-electron chi connectivity index (χ4n) is 5.07. The molecule has 1 heterocycles. The molecule has 1 fully saturated rings. The first-order chi connectivity index (χ1) is 17.5. The fourth-order valence-corrected chi connectivity index (χ4v) is 5.32. The number of hydrogen-bond donors (Lipinski definition) is 1. The molecule has 0 saturated heterocycles. The molecule has 0 spiro atoms. The van der Waals surface area contributed by atoms with Gasteiger partial charge in [-0.2, -0.15) is 0 Å². The van der Waals surface area contributed by atoms with Crippen LogP contribution in [0.1, 0.15) is 81.3 Å². The summed E-state index contributed by atoms with van der Waals surface area (Å²) >= 11 is 6.31. The van der Waals surface area contributed by atoms with E-state index in [1.165, 1.54) is 12.8 Å². The first-order valence-corrected chi connectivity index (χ1v) is 13.6. The van der Waals surface area contributed by atoms with Gasteiger partial charge in [0.1, 0.15) is 17.4 Å². The van der Waals surface area contributed by atoms with Gasteiger partial charge in [0.25, 0.3) is 0 Å². The number of ketones is 2. The molecule has 6 heteroatoms. The molecule has 4 rings (SSSR count). The average Bonchev–Trinajstić information content (AvgIpc) is 2.85. The normalized spacial score (nSPS) is 18.1. The van der Waals surface area contributed by atoms with Crippen LogP contribution in [0, 0.1) is 17.2 Å². The second-order valence-electron chi connectivity index (χ2n) is 11.4. The van der Waals surface area contributed by atoms with Gasteiger partial charge in [0, 0.05) is 35.9 Å². The highest BCUT2D eigenvalue weighted by Gasteiger charge is 2.24. The number of aromatic nitrogens is 1. The molecule has 4 nitrogen and oxygen atoms in total. The maximum absolute atomic E-state index is 15.5. The number of pyridine rings is 1. The summed E-state index contributed by atoms with van der Waals surface area (Å²) in [6.07, 6.45) is 6.86. The van der Waals surface area contributed by atoms with E-state index in [9.17, 15) is 9.59 Å². The van der Waals surface area contributed by atoms with Crippen molar-refractivity contribution in [3.8, 4) is 0 Å². The SMILES string of the molecule is CC1CCC(Nc2nccc3c(CC(=O)c4c(Cl)ccc(CCC(=O)C(C)(C)C)c4F)cccc23)CC1. The van der Waals surface area contributed by atoms with Crippen LogP contribution in [-0.4, -0.2) is 22.6 Å². The van der Waals surface area contributed by atoms with E-state index in [0.717, 1.165) is 40.9 Å². The van der Waals surface area contributed by atoms with Crippen molar-refractivity contribution in [1.82, 2.24) is 4.98 Å². The summed E-state index contributed by atoms with van der Waals surface area (Å²) in [5, 5.41) is 5.57. The number of rotatable bonds is 8. The number of anilines is 1. The minimum absolute atomic E-state index is 0.0166. The van der Waals surface area contributed by atoms with Gasteiger partial charge in [-0.25, -0.2) is 9.37 Å². The Hall–Kier alpha value is -2.79. The average molecular weight is 523 g/mol. The van der Waals surface area contributed by atoms with Crippen molar-refractivity contribution in [2.24, 2.45) is 11.3 Å². The van der Waals surface area contributed by atoms with Gasteiger partial charge in [0.05, 0.1) is 10.6 Å². The molecule has 0 atom stereocenters. The standard InChI is InChI=1S/C31H36ClFN2O2/c1-19-8-12-22(13-9-19)35-30-24-7-5-6-21(23(24)16-17-34-30)18-26(36)28-25(32)14-10-20(29(28)33)11-15-27(37)31(2,3)4/h5-7,10,14,16-17,19,22H,8-9,11-13,15,18H2,1-4H3,(H,34,35). The summed E-state index contributed by atoms with van der Waals surface area (Å²) in [4.78, 5) is 30.3. The third-order valence-electron chi connectivity index (χ3n) is 7.51. The van der Waals surface area contributed by atoms with Gasteiger partial charge in [-0.05, 0) is 66.7 Å². The molecule has 3 aromatic rings. The van der Waals surface area contributed by atoms with E-state index in [0.29, 0.717) is 11.6 Å². The van der Waals surface area contributed by atoms with Crippen molar-refractivity contribution in [3.05, 3.63) is 70.1 Å². The van der Waals surface area contributed by atoms with Crippen LogP contribution in [0.4, 0.5) is 10.2 Å². The van der Waals surface area contributed by atoms with E-state index in [1.807, 2.05) is 45.0 Å². The Bertz CT molecular complexity index is 1310. The second kappa shape index (κ2) is 11.3. The Kier molecular flexibility index (Phi) is 8.33. The van der Waals surface area contributed by atoms with Gasteiger partial charge in [0.15, 0.2) is 5.78 Å². The number of fused-ring (bicyclic) bond motifs is 1. The second-order valence-corrected chi connectivity index (χ2v) is 11.8. The quantitative estimate of drug-likeness (QED) is 0.304. The highest BCUT2D eigenvalue weighted by molar-refractivity contribution is 6.34. The summed E-state index contributed by atoms with van der Waals surface area (Å²) in [6, 6.07) is 11.2. The third kappa shape index (κ3) is 6.38. The van der Waals surface area contributed by atoms with E-state index in [-0.39, 0.29) is 41.4 Å². The lowest BCUT2D eigenvalue weighted by Gasteiger charge is -2.27. The van der Waals surface area contributed by atoms with Crippen LogP contribution in [0.15, 0.2) is 42.6 Å². The van der Waals surface area contributed by atoms with E-state index in [4.69, 9.17) is 11.6 Å². The highest BCUT2D eigenvalue weighted by Crippen LogP contribution is 2.31. The number of aryl methyl sites for hydroxylation is 1. The smallest absolute Gasteiger partial charge is 0.171 e. The Morgan fingerprint density at radius 2 is 1.76 bits per heavy atom. The maximum Gasteiger partial charge on any atom is 0.171 e. The molecule has 0 aliphatic heterocycles. The summed E-state index contributed by atoms with van der Waals surface area (Å²) in [6.45, 7) is 7.84. The minimum atomic E-state index is -0.630. The number of halogens is 2. The first kappa shape index (κ1) is 27.3. The van der Waals surface area contributed by atoms with Crippen molar-refractivity contribution in [3.63, 3.8) is 0 Å². The Balaban J connectivity index is 1.56. The number of Topliss-reactive ketones (excluding diaryl/α,β-unsaturated/α-hetero) is 2. The topological polar surface area (TPSA) is 59.1 Å². The number of carbonyl (C=O) groups excluding carboxylic acids is 2. The van der Waals surface area contributed by atoms with Gasteiger partial charge >= 0.3 is 0 Å². The van der Waals surface area contributed by atoms with E-state index < -0.39 is 11.2 Å².